The van der Waals surface area contributed by atoms with Crippen molar-refractivity contribution in [3.8, 4) is 22.9 Å². The van der Waals surface area contributed by atoms with Crippen LogP contribution in [0.1, 0.15) is 26.7 Å². The van der Waals surface area contributed by atoms with Crippen LogP contribution in [0.5, 0.6) is 11.8 Å². The largest absolute Gasteiger partial charge is 0.481 e. The summed E-state index contributed by atoms with van der Waals surface area (Å²) in [6, 6.07) is 7.99. The van der Waals surface area contributed by atoms with Crippen molar-refractivity contribution in [3.05, 3.63) is 24.3 Å². The predicted molar refractivity (Wildman–Crippen MR) is 114 cm³/mol. The Morgan fingerprint density at radius 3 is 2.25 bits per heavy atom. The molecule has 150 valence electrons. The third-order valence-corrected chi connectivity index (χ3v) is 4.89. The molecule has 0 saturated heterocycles. The van der Waals surface area contributed by atoms with Crippen molar-refractivity contribution in [1.82, 2.24) is 14.5 Å². The Bertz CT molecular complexity index is 961. The van der Waals surface area contributed by atoms with Crippen molar-refractivity contribution in [2.24, 2.45) is 7.05 Å². The Morgan fingerprint density at radius 2 is 1.64 bits per heavy atom. The molecule has 2 aromatic heterocycles. The number of hydrogen-bond donors (Lipinski definition) is 1. The van der Waals surface area contributed by atoms with Gasteiger partial charge in [0, 0.05) is 37.3 Å². The number of ether oxygens (including phenoxy) is 2. The molecule has 3 aromatic rings. The first-order valence-corrected chi connectivity index (χ1v) is 9.64. The number of nitrogens with zero attached hydrogens (tertiary/aromatic N) is 4. The minimum Gasteiger partial charge on any atom is -0.481 e. The molecule has 7 heteroatoms. The standard InChI is InChI=1S/C21H29N5O2/c1-6-12-26(13-7-2)16-10-8-14(18-19(16)25(3)21(22)24-18)15-9-11-17(27-4)23-20(15)28-5/h8-11H,6-7,12-13H2,1-5H3,(H2,22,24). The van der Waals surface area contributed by atoms with E-state index >= 15 is 0 Å². The molecule has 0 fully saturated rings. The van der Waals surface area contributed by atoms with E-state index in [2.05, 4.69) is 40.8 Å². The number of fused-ring (bicyclic) bond motifs is 1. The van der Waals surface area contributed by atoms with Crippen LogP contribution in [0.4, 0.5) is 11.6 Å². The minimum atomic E-state index is 0.483. The van der Waals surface area contributed by atoms with E-state index in [-0.39, 0.29) is 0 Å². The van der Waals surface area contributed by atoms with E-state index in [4.69, 9.17) is 15.2 Å². The number of nitrogen functional groups attached to an aromatic ring is 1. The van der Waals surface area contributed by atoms with Gasteiger partial charge in [-0.05, 0) is 31.0 Å². The molecule has 0 aliphatic carbocycles. The summed E-state index contributed by atoms with van der Waals surface area (Å²) in [5.74, 6) is 1.49. The molecule has 3 rings (SSSR count). The fourth-order valence-corrected chi connectivity index (χ4v) is 3.58. The van der Waals surface area contributed by atoms with E-state index < -0.39 is 0 Å². The molecule has 0 saturated carbocycles. The lowest BCUT2D eigenvalue weighted by Crippen LogP contribution is -2.25. The number of pyridine rings is 1. The number of imidazole rings is 1. The molecule has 0 aliphatic heterocycles. The predicted octanol–water partition coefficient (Wildman–Crippen LogP) is 3.86. The van der Waals surface area contributed by atoms with E-state index in [9.17, 15) is 0 Å². The Hall–Kier alpha value is -2.96. The van der Waals surface area contributed by atoms with Gasteiger partial charge >= 0.3 is 0 Å². The van der Waals surface area contributed by atoms with Crippen molar-refractivity contribution in [3.63, 3.8) is 0 Å². The molecule has 0 atom stereocenters. The Morgan fingerprint density at radius 1 is 0.964 bits per heavy atom. The summed E-state index contributed by atoms with van der Waals surface area (Å²) in [4.78, 5) is 11.5. The number of hydrogen-bond acceptors (Lipinski definition) is 6. The molecule has 7 nitrogen and oxygen atoms in total. The number of aryl methyl sites for hydroxylation is 1. The average molecular weight is 383 g/mol. The van der Waals surface area contributed by atoms with Crippen molar-refractivity contribution in [2.45, 2.75) is 26.7 Å². The Labute approximate surface area is 166 Å². The monoisotopic (exact) mass is 383 g/mol. The molecule has 0 spiro atoms. The van der Waals surface area contributed by atoms with Crippen molar-refractivity contribution in [1.29, 1.82) is 0 Å². The van der Waals surface area contributed by atoms with Crippen LogP contribution in [0.15, 0.2) is 24.3 Å². The molecule has 0 amide bonds. The molecule has 0 aliphatic rings. The van der Waals surface area contributed by atoms with Gasteiger partial charge in [-0.1, -0.05) is 13.8 Å². The molecular weight excluding hydrogens is 354 g/mol. The summed E-state index contributed by atoms with van der Waals surface area (Å²) in [7, 11) is 5.15. The minimum absolute atomic E-state index is 0.483. The molecule has 2 heterocycles. The second-order valence-electron chi connectivity index (χ2n) is 6.76. The van der Waals surface area contributed by atoms with Crippen molar-refractivity contribution >= 4 is 22.7 Å². The van der Waals surface area contributed by atoms with Gasteiger partial charge in [0.25, 0.3) is 0 Å². The summed E-state index contributed by atoms with van der Waals surface area (Å²) >= 11 is 0. The summed E-state index contributed by atoms with van der Waals surface area (Å²) in [6.45, 7) is 6.36. The zero-order valence-electron chi connectivity index (χ0n) is 17.3. The summed E-state index contributed by atoms with van der Waals surface area (Å²) in [5.41, 5.74) is 11.0. The van der Waals surface area contributed by atoms with E-state index in [0.717, 1.165) is 53.8 Å². The highest BCUT2D eigenvalue weighted by Crippen LogP contribution is 2.39. The second kappa shape index (κ2) is 8.37. The van der Waals surface area contributed by atoms with Gasteiger partial charge in [0.1, 0.15) is 5.52 Å². The first kappa shape index (κ1) is 19.8. The zero-order chi connectivity index (χ0) is 20.3. The maximum absolute atomic E-state index is 6.20. The second-order valence-corrected chi connectivity index (χ2v) is 6.76. The van der Waals surface area contributed by atoms with Crippen molar-refractivity contribution in [2.75, 3.05) is 37.9 Å². The molecule has 2 N–H and O–H groups in total. The summed E-state index contributed by atoms with van der Waals surface area (Å²) in [6.07, 6.45) is 2.15. The highest BCUT2D eigenvalue weighted by Gasteiger charge is 2.20. The number of rotatable bonds is 8. The third kappa shape index (κ3) is 3.44. The smallest absolute Gasteiger partial charge is 0.224 e. The average Bonchev–Trinajstić information content (AvgIpc) is 3.01. The first-order valence-electron chi connectivity index (χ1n) is 9.64. The highest BCUT2D eigenvalue weighted by atomic mass is 16.5. The van der Waals surface area contributed by atoms with E-state index in [1.165, 1.54) is 0 Å². The summed E-state index contributed by atoms with van der Waals surface area (Å²) < 4.78 is 12.7. The number of nitrogens with two attached hydrogens (primary N) is 1. The van der Waals surface area contributed by atoms with Crippen LogP contribution in [-0.2, 0) is 7.05 Å². The Balaban J connectivity index is 2.25. The molecule has 1 aromatic carbocycles. The summed E-state index contributed by atoms with van der Waals surface area (Å²) in [5, 5.41) is 0. The van der Waals surface area contributed by atoms with Gasteiger partial charge in [0.05, 0.1) is 25.4 Å². The number of benzene rings is 1. The van der Waals surface area contributed by atoms with Crippen LogP contribution in [0, 0.1) is 0 Å². The quantitative estimate of drug-likeness (QED) is 0.636. The first-order chi connectivity index (χ1) is 13.5. The third-order valence-electron chi connectivity index (χ3n) is 4.89. The highest BCUT2D eigenvalue weighted by molar-refractivity contribution is 6.01. The lowest BCUT2D eigenvalue weighted by molar-refractivity contribution is 0.366. The van der Waals surface area contributed by atoms with Gasteiger partial charge in [0.2, 0.25) is 17.7 Å². The molecule has 28 heavy (non-hydrogen) atoms. The molecule has 0 radical (unpaired) electrons. The lowest BCUT2D eigenvalue weighted by Gasteiger charge is -2.25. The van der Waals surface area contributed by atoms with Crippen LogP contribution < -0.4 is 20.1 Å². The Kier molecular flexibility index (Phi) is 5.92. The van der Waals surface area contributed by atoms with Crippen LogP contribution in [0.3, 0.4) is 0 Å². The van der Waals surface area contributed by atoms with Gasteiger partial charge in [0.15, 0.2) is 0 Å². The van der Waals surface area contributed by atoms with Gasteiger partial charge in [-0.25, -0.2) is 4.98 Å². The lowest BCUT2D eigenvalue weighted by atomic mass is 10.0. The maximum atomic E-state index is 6.20. The fraction of sp³-hybridized carbons (Fsp3) is 0.429. The molecule has 0 unspecified atom stereocenters. The zero-order valence-corrected chi connectivity index (χ0v) is 17.3. The van der Waals surface area contributed by atoms with Gasteiger partial charge in [-0.15, -0.1) is 0 Å². The molecular formula is C21H29N5O2. The van der Waals surface area contributed by atoms with Crippen LogP contribution in [0.25, 0.3) is 22.2 Å². The topological polar surface area (TPSA) is 78.4 Å². The van der Waals surface area contributed by atoms with E-state index in [0.29, 0.717) is 17.7 Å². The van der Waals surface area contributed by atoms with Crippen LogP contribution >= 0.6 is 0 Å². The van der Waals surface area contributed by atoms with Crippen molar-refractivity contribution < 1.29 is 9.47 Å². The SMILES string of the molecule is CCCN(CCC)c1ccc(-c2ccc(OC)nc2OC)c2nc(N)n(C)c12. The van der Waals surface area contributed by atoms with E-state index in [1.807, 2.05) is 23.7 Å². The number of anilines is 2. The molecule has 0 bridgehead atoms. The number of methoxy groups -OCH3 is 2. The fourth-order valence-electron chi connectivity index (χ4n) is 3.58. The maximum Gasteiger partial charge on any atom is 0.224 e. The van der Waals surface area contributed by atoms with Crippen LogP contribution in [-0.4, -0.2) is 41.8 Å². The normalized spacial score (nSPS) is 11.0. The van der Waals surface area contributed by atoms with Crippen LogP contribution in [0.2, 0.25) is 0 Å². The number of aromatic nitrogens is 3. The van der Waals surface area contributed by atoms with Gasteiger partial charge in [-0.2, -0.15) is 4.98 Å². The van der Waals surface area contributed by atoms with E-state index in [1.54, 1.807) is 14.2 Å². The van der Waals surface area contributed by atoms with Gasteiger partial charge in [-0.3, -0.25) is 0 Å². The van der Waals surface area contributed by atoms with Gasteiger partial charge < -0.3 is 24.7 Å².